The standard InChI is InChI=1S/C20H21BrN2O5S/c1-12-8-16(21)5-6-17(12)22-19(24)11-28-20(25)14-4-7-18-15(10-14)9-13(2)23(18)29(3,26)27/h4-8,10,13H,9,11H2,1-3H3,(H,22,24). The summed E-state index contributed by atoms with van der Waals surface area (Å²) in [7, 11) is -3.39. The van der Waals surface area contributed by atoms with Crippen molar-refractivity contribution >= 4 is 49.2 Å². The first-order valence-electron chi connectivity index (χ1n) is 8.91. The fraction of sp³-hybridized carbons (Fsp3) is 0.300. The lowest BCUT2D eigenvalue weighted by atomic mass is 10.1. The van der Waals surface area contributed by atoms with Crippen molar-refractivity contribution < 1.29 is 22.7 Å². The van der Waals surface area contributed by atoms with E-state index in [9.17, 15) is 18.0 Å². The number of fused-ring (bicyclic) bond motifs is 1. The van der Waals surface area contributed by atoms with Crippen LogP contribution in [0.15, 0.2) is 40.9 Å². The van der Waals surface area contributed by atoms with E-state index in [0.29, 0.717) is 17.8 Å². The Kier molecular flexibility index (Phi) is 6.00. The van der Waals surface area contributed by atoms with Gasteiger partial charge in [-0.15, -0.1) is 0 Å². The van der Waals surface area contributed by atoms with Crippen LogP contribution in [0, 0.1) is 6.92 Å². The highest BCUT2D eigenvalue weighted by Gasteiger charge is 2.32. The second-order valence-electron chi connectivity index (χ2n) is 7.04. The smallest absolute Gasteiger partial charge is 0.338 e. The number of amides is 1. The summed E-state index contributed by atoms with van der Waals surface area (Å²) in [6, 6.07) is 9.94. The molecular formula is C20H21BrN2O5S. The van der Waals surface area contributed by atoms with Crippen molar-refractivity contribution in [2.45, 2.75) is 26.3 Å². The van der Waals surface area contributed by atoms with Gasteiger partial charge < -0.3 is 10.1 Å². The number of halogens is 1. The highest BCUT2D eigenvalue weighted by Crippen LogP contribution is 2.34. The molecule has 0 bridgehead atoms. The molecule has 0 saturated heterocycles. The second kappa shape index (κ2) is 8.16. The molecule has 0 radical (unpaired) electrons. The zero-order chi connectivity index (χ0) is 21.3. The summed E-state index contributed by atoms with van der Waals surface area (Å²) in [5, 5.41) is 2.70. The molecule has 1 unspecified atom stereocenters. The molecule has 2 aromatic rings. The summed E-state index contributed by atoms with van der Waals surface area (Å²) in [5.41, 5.74) is 3.12. The molecule has 1 amide bonds. The number of nitrogens with zero attached hydrogens (tertiary/aromatic N) is 1. The number of hydrogen-bond donors (Lipinski definition) is 1. The summed E-state index contributed by atoms with van der Waals surface area (Å²) < 4.78 is 31.3. The van der Waals surface area contributed by atoms with E-state index in [1.165, 1.54) is 10.4 Å². The fourth-order valence-electron chi connectivity index (χ4n) is 3.40. The van der Waals surface area contributed by atoms with E-state index in [2.05, 4.69) is 21.2 Å². The first kappa shape index (κ1) is 21.3. The predicted molar refractivity (Wildman–Crippen MR) is 115 cm³/mol. The molecule has 0 aromatic heterocycles. The molecule has 0 spiro atoms. The largest absolute Gasteiger partial charge is 0.452 e. The van der Waals surface area contributed by atoms with E-state index >= 15 is 0 Å². The maximum absolute atomic E-state index is 12.3. The highest BCUT2D eigenvalue weighted by atomic mass is 79.9. The molecular weight excluding hydrogens is 460 g/mol. The number of carbonyl (C=O) groups is 2. The minimum atomic E-state index is -3.39. The lowest BCUT2D eigenvalue weighted by molar-refractivity contribution is -0.119. The van der Waals surface area contributed by atoms with Crippen LogP contribution in [-0.4, -0.2) is 39.2 Å². The Morgan fingerprint density at radius 2 is 1.97 bits per heavy atom. The van der Waals surface area contributed by atoms with Gasteiger partial charge in [-0.2, -0.15) is 0 Å². The van der Waals surface area contributed by atoms with Gasteiger partial charge in [0.1, 0.15) is 0 Å². The van der Waals surface area contributed by atoms with Crippen molar-refractivity contribution in [1.82, 2.24) is 0 Å². The number of ether oxygens (including phenoxy) is 1. The third kappa shape index (κ3) is 4.79. The Balaban J connectivity index is 1.65. The number of benzene rings is 2. The molecule has 1 atom stereocenters. The van der Waals surface area contributed by atoms with Crippen LogP contribution < -0.4 is 9.62 Å². The van der Waals surface area contributed by atoms with Crippen molar-refractivity contribution in [2.24, 2.45) is 0 Å². The lowest BCUT2D eigenvalue weighted by Gasteiger charge is -2.21. The Labute approximate surface area is 178 Å². The summed E-state index contributed by atoms with van der Waals surface area (Å²) in [6.45, 7) is 3.25. The van der Waals surface area contributed by atoms with E-state index in [1.54, 1.807) is 24.3 Å². The van der Waals surface area contributed by atoms with Crippen LogP contribution in [-0.2, 0) is 26.0 Å². The van der Waals surface area contributed by atoms with Crippen molar-refractivity contribution in [1.29, 1.82) is 0 Å². The molecule has 29 heavy (non-hydrogen) atoms. The normalized spacial score (nSPS) is 15.7. The maximum Gasteiger partial charge on any atom is 0.338 e. The molecule has 1 N–H and O–H groups in total. The molecule has 3 rings (SSSR count). The van der Waals surface area contributed by atoms with Crippen LogP contribution in [0.3, 0.4) is 0 Å². The quantitative estimate of drug-likeness (QED) is 0.662. The van der Waals surface area contributed by atoms with Crippen molar-refractivity contribution in [3.63, 3.8) is 0 Å². The third-order valence-electron chi connectivity index (χ3n) is 4.62. The maximum atomic E-state index is 12.3. The van der Waals surface area contributed by atoms with Gasteiger partial charge in [-0.25, -0.2) is 13.2 Å². The molecule has 0 fully saturated rings. The number of aryl methyl sites for hydroxylation is 1. The number of rotatable bonds is 5. The number of anilines is 2. The third-order valence-corrected chi connectivity index (χ3v) is 6.39. The van der Waals surface area contributed by atoms with Crippen molar-refractivity contribution in [3.8, 4) is 0 Å². The highest BCUT2D eigenvalue weighted by molar-refractivity contribution is 9.10. The molecule has 1 aliphatic heterocycles. The number of hydrogen-bond acceptors (Lipinski definition) is 5. The first-order chi connectivity index (χ1) is 13.6. The molecule has 154 valence electrons. The lowest BCUT2D eigenvalue weighted by Crippen LogP contribution is -2.34. The zero-order valence-corrected chi connectivity index (χ0v) is 18.6. The van der Waals surface area contributed by atoms with Gasteiger partial charge >= 0.3 is 5.97 Å². The summed E-state index contributed by atoms with van der Waals surface area (Å²) in [5.74, 6) is -1.08. The summed E-state index contributed by atoms with van der Waals surface area (Å²) in [4.78, 5) is 24.4. The van der Waals surface area contributed by atoms with Gasteiger partial charge in [0.2, 0.25) is 10.0 Å². The van der Waals surface area contributed by atoms with E-state index in [-0.39, 0.29) is 11.6 Å². The van der Waals surface area contributed by atoms with Gasteiger partial charge in [-0.3, -0.25) is 9.10 Å². The number of nitrogens with one attached hydrogen (secondary N) is 1. The molecule has 0 saturated carbocycles. The van der Waals surface area contributed by atoms with Gasteiger partial charge in [0, 0.05) is 16.2 Å². The zero-order valence-electron chi connectivity index (χ0n) is 16.2. The Hall–Kier alpha value is -2.39. The molecule has 7 nitrogen and oxygen atoms in total. The van der Waals surface area contributed by atoms with Crippen LogP contribution in [0.25, 0.3) is 0 Å². The predicted octanol–water partition coefficient (Wildman–Crippen LogP) is 3.26. The number of esters is 1. The minimum absolute atomic E-state index is 0.216. The van der Waals surface area contributed by atoms with Gasteiger partial charge in [0.05, 0.1) is 17.5 Å². The molecule has 9 heteroatoms. The number of sulfonamides is 1. The molecule has 0 aliphatic carbocycles. The van der Waals surface area contributed by atoms with Gasteiger partial charge in [0.25, 0.3) is 5.91 Å². The summed E-state index contributed by atoms with van der Waals surface area (Å²) in [6.07, 6.45) is 1.67. The van der Waals surface area contributed by atoms with Crippen LogP contribution in [0.2, 0.25) is 0 Å². The Bertz CT molecular complexity index is 1080. The SMILES string of the molecule is Cc1cc(Br)ccc1NC(=O)COC(=O)c1ccc2c(c1)CC(C)N2S(C)(=O)=O. The molecule has 1 aliphatic rings. The fourth-order valence-corrected chi connectivity index (χ4v) is 5.14. The first-order valence-corrected chi connectivity index (χ1v) is 11.6. The van der Waals surface area contributed by atoms with E-state index in [0.717, 1.165) is 21.9 Å². The van der Waals surface area contributed by atoms with Crippen molar-refractivity contribution in [3.05, 3.63) is 57.6 Å². The molecule has 2 aromatic carbocycles. The Morgan fingerprint density at radius 1 is 1.24 bits per heavy atom. The Morgan fingerprint density at radius 3 is 2.62 bits per heavy atom. The van der Waals surface area contributed by atoms with Crippen LogP contribution in [0.1, 0.15) is 28.4 Å². The molecule has 1 heterocycles. The van der Waals surface area contributed by atoms with E-state index in [1.807, 2.05) is 19.9 Å². The van der Waals surface area contributed by atoms with Gasteiger partial charge in [-0.1, -0.05) is 15.9 Å². The summed E-state index contributed by atoms with van der Waals surface area (Å²) >= 11 is 3.36. The van der Waals surface area contributed by atoms with E-state index < -0.39 is 28.5 Å². The minimum Gasteiger partial charge on any atom is -0.452 e. The number of carbonyl (C=O) groups excluding carboxylic acids is 2. The van der Waals surface area contributed by atoms with Gasteiger partial charge in [-0.05, 0) is 67.8 Å². The van der Waals surface area contributed by atoms with E-state index in [4.69, 9.17) is 4.74 Å². The van der Waals surface area contributed by atoms with Crippen LogP contribution >= 0.6 is 15.9 Å². The average molecular weight is 481 g/mol. The van der Waals surface area contributed by atoms with Crippen LogP contribution in [0.4, 0.5) is 11.4 Å². The van der Waals surface area contributed by atoms with Crippen molar-refractivity contribution in [2.75, 3.05) is 22.5 Å². The topological polar surface area (TPSA) is 92.8 Å². The monoisotopic (exact) mass is 480 g/mol. The average Bonchev–Trinajstić information content (AvgIpc) is 2.97. The van der Waals surface area contributed by atoms with Gasteiger partial charge in [0.15, 0.2) is 6.61 Å². The second-order valence-corrected chi connectivity index (χ2v) is 9.81. The van der Waals surface area contributed by atoms with Crippen LogP contribution in [0.5, 0.6) is 0 Å².